The topological polar surface area (TPSA) is 21.3 Å². The van der Waals surface area contributed by atoms with Gasteiger partial charge in [-0.05, 0) is 37.1 Å². The average Bonchev–Trinajstić information content (AvgIpc) is 2.07. The van der Waals surface area contributed by atoms with Gasteiger partial charge in [0.1, 0.15) is 0 Å². The lowest BCUT2D eigenvalue weighted by Gasteiger charge is -2.37. The maximum absolute atomic E-state index is 5.28. The molecule has 1 rings (SSSR count). The number of methoxy groups -OCH3 is 1. The first kappa shape index (κ1) is 13.0. The molecule has 0 heterocycles. The third kappa shape index (κ3) is 3.76. The first-order valence-electron chi connectivity index (χ1n) is 6.30. The van der Waals surface area contributed by atoms with Crippen LogP contribution in [0.1, 0.15) is 40.5 Å². The molecule has 1 saturated carbocycles. The second kappa shape index (κ2) is 5.86. The van der Waals surface area contributed by atoms with Crippen LogP contribution in [-0.2, 0) is 4.74 Å². The monoisotopic (exact) mass is 213 g/mol. The molecule has 0 radical (unpaired) electrons. The van der Waals surface area contributed by atoms with E-state index in [0.717, 1.165) is 24.3 Å². The van der Waals surface area contributed by atoms with Gasteiger partial charge in [-0.2, -0.15) is 0 Å². The lowest BCUT2D eigenvalue weighted by atomic mass is 9.83. The Morgan fingerprint density at radius 3 is 2.07 bits per heavy atom. The lowest BCUT2D eigenvalue weighted by molar-refractivity contribution is 0.0152. The Hall–Kier alpha value is -0.0800. The molecule has 0 amide bonds. The second-order valence-electron chi connectivity index (χ2n) is 5.59. The predicted molar refractivity (Wildman–Crippen MR) is 65.0 cm³/mol. The van der Waals surface area contributed by atoms with Crippen molar-refractivity contribution >= 4 is 0 Å². The highest BCUT2D eigenvalue weighted by molar-refractivity contribution is 4.86. The van der Waals surface area contributed by atoms with Gasteiger partial charge in [0.15, 0.2) is 0 Å². The molecule has 0 saturated heterocycles. The molecule has 1 aliphatic rings. The summed E-state index contributed by atoms with van der Waals surface area (Å²) in [5.41, 5.74) is 0. The van der Waals surface area contributed by atoms with E-state index in [-0.39, 0.29) is 0 Å². The van der Waals surface area contributed by atoms with Crippen molar-refractivity contribution in [3.63, 3.8) is 0 Å². The van der Waals surface area contributed by atoms with Gasteiger partial charge in [-0.3, -0.25) is 0 Å². The Kier molecular flexibility index (Phi) is 5.07. The van der Waals surface area contributed by atoms with Crippen LogP contribution in [0.15, 0.2) is 0 Å². The minimum Gasteiger partial charge on any atom is -0.381 e. The molecule has 2 nitrogen and oxygen atoms in total. The summed E-state index contributed by atoms with van der Waals surface area (Å²) >= 11 is 0. The molecule has 0 aromatic heterocycles. The molecule has 90 valence electrons. The molecule has 1 fully saturated rings. The summed E-state index contributed by atoms with van der Waals surface area (Å²) in [7, 11) is 1.81. The lowest BCUT2D eigenvalue weighted by Crippen LogP contribution is -2.47. The van der Waals surface area contributed by atoms with E-state index in [1.807, 2.05) is 7.11 Å². The van der Waals surface area contributed by atoms with Crippen molar-refractivity contribution in [3.8, 4) is 0 Å². The summed E-state index contributed by atoms with van der Waals surface area (Å²) in [4.78, 5) is 0. The van der Waals surface area contributed by atoms with E-state index in [1.54, 1.807) is 0 Å². The van der Waals surface area contributed by atoms with E-state index in [1.165, 1.54) is 12.8 Å². The van der Waals surface area contributed by atoms with Crippen LogP contribution < -0.4 is 5.32 Å². The van der Waals surface area contributed by atoms with Crippen molar-refractivity contribution in [3.05, 3.63) is 0 Å². The number of rotatable bonds is 6. The van der Waals surface area contributed by atoms with Crippen molar-refractivity contribution in [2.75, 3.05) is 13.7 Å². The van der Waals surface area contributed by atoms with Crippen molar-refractivity contribution in [1.29, 1.82) is 0 Å². The normalized spacial score (nSPS) is 26.4. The van der Waals surface area contributed by atoms with Gasteiger partial charge in [-0.15, -0.1) is 0 Å². The van der Waals surface area contributed by atoms with Crippen molar-refractivity contribution in [2.45, 2.75) is 52.7 Å². The zero-order chi connectivity index (χ0) is 11.4. The van der Waals surface area contributed by atoms with Gasteiger partial charge in [0.2, 0.25) is 0 Å². The minimum absolute atomic E-state index is 0.513. The van der Waals surface area contributed by atoms with Crippen LogP contribution in [0.25, 0.3) is 0 Å². The highest BCUT2D eigenvalue weighted by Crippen LogP contribution is 2.24. The Morgan fingerprint density at radius 2 is 1.67 bits per heavy atom. The standard InChI is InChI=1S/C13H27NO/c1-9(2)13(10(3)4)8-14-11-6-12(7-11)15-5/h9-14H,6-8H2,1-5H3. The number of ether oxygens (including phenoxy) is 1. The van der Waals surface area contributed by atoms with Gasteiger partial charge in [0.05, 0.1) is 6.10 Å². The molecular formula is C13H27NO. The fraction of sp³-hybridized carbons (Fsp3) is 1.00. The van der Waals surface area contributed by atoms with Crippen molar-refractivity contribution < 1.29 is 4.74 Å². The Labute approximate surface area is 94.8 Å². The molecule has 0 aromatic carbocycles. The van der Waals surface area contributed by atoms with Crippen LogP contribution in [0.4, 0.5) is 0 Å². The van der Waals surface area contributed by atoms with Crippen LogP contribution in [-0.4, -0.2) is 25.8 Å². The number of hydrogen-bond acceptors (Lipinski definition) is 2. The largest absolute Gasteiger partial charge is 0.381 e. The molecule has 1 aliphatic carbocycles. The highest BCUT2D eigenvalue weighted by Gasteiger charge is 2.29. The first-order chi connectivity index (χ1) is 7.04. The van der Waals surface area contributed by atoms with Crippen LogP contribution >= 0.6 is 0 Å². The van der Waals surface area contributed by atoms with Crippen LogP contribution in [0.2, 0.25) is 0 Å². The number of nitrogens with one attached hydrogen (secondary N) is 1. The molecule has 0 spiro atoms. The number of hydrogen-bond donors (Lipinski definition) is 1. The van der Waals surface area contributed by atoms with E-state index >= 15 is 0 Å². The highest BCUT2D eigenvalue weighted by atomic mass is 16.5. The van der Waals surface area contributed by atoms with E-state index in [2.05, 4.69) is 33.0 Å². The molecule has 1 N–H and O–H groups in total. The van der Waals surface area contributed by atoms with E-state index in [9.17, 15) is 0 Å². The fourth-order valence-electron chi connectivity index (χ4n) is 2.47. The van der Waals surface area contributed by atoms with Gasteiger partial charge in [-0.25, -0.2) is 0 Å². The van der Waals surface area contributed by atoms with Crippen molar-refractivity contribution in [1.82, 2.24) is 5.32 Å². The van der Waals surface area contributed by atoms with Gasteiger partial charge < -0.3 is 10.1 Å². The summed E-state index contributed by atoms with van der Waals surface area (Å²) in [6, 6.07) is 0.704. The van der Waals surface area contributed by atoms with Crippen LogP contribution in [0.3, 0.4) is 0 Å². The fourth-order valence-corrected chi connectivity index (χ4v) is 2.47. The molecule has 0 bridgehead atoms. The summed E-state index contributed by atoms with van der Waals surface area (Å²) in [5, 5.41) is 3.67. The van der Waals surface area contributed by atoms with Gasteiger partial charge in [-0.1, -0.05) is 27.7 Å². The molecule has 0 unspecified atom stereocenters. The third-order valence-electron chi connectivity index (χ3n) is 3.78. The summed E-state index contributed by atoms with van der Waals surface area (Å²) in [6.07, 6.45) is 2.90. The summed E-state index contributed by atoms with van der Waals surface area (Å²) in [5.74, 6) is 2.35. The summed E-state index contributed by atoms with van der Waals surface area (Å²) in [6.45, 7) is 10.5. The average molecular weight is 213 g/mol. The third-order valence-corrected chi connectivity index (χ3v) is 3.78. The van der Waals surface area contributed by atoms with Gasteiger partial charge >= 0.3 is 0 Å². The summed E-state index contributed by atoms with van der Waals surface area (Å²) < 4.78 is 5.28. The Balaban J connectivity index is 2.18. The van der Waals surface area contributed by atoms with E-state index in [0.29, 0.717) is 12.1 Å². The van der Waals surface area contributed by atoms with Crippen molar-refractivity contribution in [2.24, 2.45) is 17.8 Å². The Morgan fingerprint density at radius 1 is 1.13 bits per heavy atom. The molecule has 15 heavy (non-hydrogen) atoms. The maximum Gasteiger partial charge on any atom is 0.0601 e. The molecule has 0 aliphatic heterocycles. The second-order valence-corrected chi connectivity index (χ2v) is 5.59. The minimum atomic E-state index is 0.513. The van der Waals surface area contributed by atoms with Crippen LogP contribution in [0.5, 0.6) is 0 Å². The predicted octanol–water partition coefficient (Wildman–Crippen LogP) is 2.68. The zero-order valence-electron chi connectivity index (χ0n) is 10.9. The first-order valence-corrected chi connectivity index (χ1v) is 6.30. The SMILES string of the molecule is COC1CC(NCC(C(C)C)C(C)C)C1. The smallest absolute Gasteiger partial charge is 0.0601 e. The van der Waals surface area contributed by atoms with Gasteiger partial charge in [0.25, 0.3) is 0 Å². The van der Waals surface area contributed by atoms with E-state index < -0.39 is 0 Å². The zero-order valence-corrected chi connectivity index (χ0v) is 10.9. The van der Waals surface area contributed by atoms with E-state index in [4.69, 9.17) is 4.74 Å². The molecule has 0 atom stereocenters. The Bertz CT molecular complexity index is 165. The van der Waals surface area contributed by atoms with Crippen LogP contribution in [0, 0.1) is 17.8 Å². The quantitative estimate of drug-likeness (QED) is 0.732. The maximum atomic E-state index is 5.28. The molecular weight excluding hydrogens is 186 g/mol. The van der Waals surface area contributed by atoms with Gasteiger partial charge in [0, 0.05) is 13.2 Å². The molecule has 2 heteroatoms. The molecule has 0 aromatic rings.